The van der Waals surface area contributed by atoms with Gasteiger partial charge in [0.1, 0.15) is 11.3 Å². The molecular formula is C14H9NO4. The zero-order valence-electron chi connectivity index (χ0n) is 9.74. The lowest BCUT2D eigenvalue weighted by molar-refractivity contribution is 0.472. The highest BCUT2D eigenvalue weighted by Gasteiger charge is 2.11. The van der Waals surface area contributed by atoms with Crippen molar-refractivity contribution in [3.63, 3.8) is 0 Å². The molecule has 0 saturated heterocycles. The second-order valence-electron chi connectivity index (χ2n) is 4.02. The fraction of sp³-hybridized carbons (Fsp3) is 0. The van der Waals surface area contributed by atoms with Crippen LogP contribution < -0.4 is 11.3 Å². The number of benzene rings is 2. The van der Waals surface area contributed by atoms with Crippen molar-refractivity contribution in [3.05, 3.63) is 69.4 Å². The maximum atomic E-state index is 12.3. The maximum Gasteiger partial charge on any atom is 0.426 e. The summed E-state index contributed by atoms with van der Waals surface area (Å²) in [6.07, 6.45) is 0. The van der Waals surface area contributed by atoms with Crippen LogP contribution in [0.2, 0.25) is 0 Å². The quantitative estimate of drug-likeness (QED) is 0.717. The number of nitrogens with zero attached hydrogens (tertiary/aromatic N) is 1. The van der Waals surface area contributed by atoms with Crippen molar-refractivity contribution < 1.29 is 9.52 Å². The normalized spacial score (nSPS) is 10.7. The highest BCUT2D eigenvalue weighted by atomic mass is 16.4. The summed E-state index contributed by atoms with van der Waals surface area (Å²) in [4.78, 5) is 24.2. The number of rotatable bonds is 1. The third-order valence-electron chi connectivity index (χ3n) is 2.79. The van der Waals surface area contributed by atoms with Crippen molar-refractivity contribution in [2.45, 2.75) is 0 Å². The summed E-state index contributed by atoms with van der Waals surface area (Å²) in [5.41, 5.74) is 0.0554. The summed E-state index contributed by atoms with van der Waals surface area (Å²) in [7, 11) is 0. The third kappa shape index (κ3) is 1.81. The minimum atomic E-state index is -0.755. The molecule has 0 radical (unpaired) electrons. The molecule has 0 unspecified atom stereocenters. The molecule has 19 heavy (non-hydrogen) atoms. The maximum absolute atomic E-state index is 12.3. The molecule has 94 valence electrons. The fourth-order valence-corrected chi connectivity index (χ4v) is 1.92. The van der Waals surface area contributed by atoms with Crippen molar-refractivity contribution >= 4 is 11.0 Å². The summed E-state index contributed by atoms with van der Waals surface area (Å²) in [6.45, 7) is 0. The molecule has 5 heteroatoms. The predicted molar refractivity (Wildman–Crippen MR) is 69.7 cm³/mol. The SMILES string of the molecule is O=c1oc2ccc(O)cc2c(=O)n1-c1ccccc1. The van der Waals surface area contributed by atoms with Gasteiger partial charge in [-0.1, -0.05) is 18.2 Å². The van der Waals surface area contributed by atoms with Crippen LogP contribution in [0.25, 0.3) is 16.7 Å². The Kier molecular flexibility index (Phi) is 2.45. The summed E-state index contributed by atoms with van der Waals surface area (Å²) < 4.78 is 6.01. The highest BCUT2D eigenvalue weighted by molar-refractivity contribution is 5.77. The van der Waals surface area contributed by atoms with Crippen molar-refractivity contribution in [1.29, 1.82) is 0 Å². The Hall–Kier alpha value is -2.82. The van der Waals surface area contributed by atoms with E-state index < -0.39 is 11.3 Å². The molecule has 3 aromatic rings. The van der Waals surface area contributed by atoms with E-state index in [1.54, 1.807) is 30.3 Å². The minimum absolute atomic E-state index is 0.0574. The fourth-order valence-electron chi connectivity index (χ4n) is 1.92. The van der Waals surface area contributed by atoms with E-state index >= 15 is 0 Å². The predicted octanol–water partition coefficient (Wildman–Crippen LogP) is 1.65. The Bertz CT molecular complexity index is 862. The van der Waals surface area contributed by atoms with E-state index in [2.05, 4.69) is 0 Å². The van der Waals surface area contributed by atoms with Gasteiger partial charge in [0.05, 0.1) is 11.1 Å². The number of hydrogen-bond donors (Lipinski definition) is 1. The number of aromatic nitrogens is 1. The number of aromatic hydroxyl groups is 1. The third-order valence-corrected chi connectivity index (χ3v) is 2.79. The van der Waals surface area contributed by atoms with Gasteiger partial charge in [0.25, 0.3) is 5.56 Å². The average molecular weight is 255 g/mol. The molecule has 1 aromatic heterocycles. The van der Waals surface area contributed by atoms with Crippen LogP contribution in [0.15, 0.2) is 62.5 Å². The average Bonchev–Trinajstić information content (AvgIpc) is 2.41. The van der Waals surface area contributed by atoms with Crippen LogP contribution in [0.5, 0.6) is 5.75 Å². The second kappa shape index (κ2) is 4.13. The molecule has 3 rings (SSSR count). The first kappa shape index (κ1) is 11.3. The van der Waals surface area contributed by atoms with Crippen LogP contribution in [0.3, 0.4) is 0 Å². The van der Waals surface area contributed by atoms with Gasteiger partial charge in [-0.15, -0.1) is 0 Å². The summed E-state index contributed by atoms with van der Waals surface area (Å²) >= 11 is 0. The van der Waals surface area contributed by atoms with Gasteiger partial charge in [-0.3, -0.25) is 4.79 Å². The first-order valence-electron chi connectivity index (χ1n) is 5.61. The van der Waals surface area contributed by atoms with Gasteiger partial charge in [-0.2, -0.15) is 0 Å². The molecule has 0 bridgehead atoms. The van der Waals surface area contributed by atoms with Gasteiger partial charge in [-0.05, 0) is 30.3 Å². The van der Waals surface area contributed by atoms with Gasteiger partial charge >= 0.3 is 5.76 Å². The van der Waals surface area contributed by atoms with Crippen molar-refractivity contribution in [1.82, 2.24) is 4.57 Å². The molecule has 1 N–H and O–H groups in total. The monoisotopic (exact) mass is 255 g/mol. The van der Waals surface area contributed by atoms with Crippen LogP contribution in [-0.2, 0) is 0 Å². The molecular weight excluding hydrogens is 246 g/mol. The largest absolute Gasteiger partial charge is 0.508 e. The highest BCUT2D eigenvalue weighted by Crippen LogP contribution is 2.16. The molecule has 0 fully saturated rings. The number of hydrogen-bond acceptors (Lipinski definition) is 4. The lowest BCUT2D eigenvalue weighted by Gasteiger charge is -2.04. The van der Waals surface area contributed by atoms with Gasteiger partial charge in [-0.25, -0.2) is 9.36 Å². The van der Waals surface area contributed by atoms with E-state index in [0.29, 0.717) is 5.69 Å². The number of phenols is 1. The van der Waals surface area contributed by atoms with Crippen LogP contribution in [0, 0.1) is 0 Å². The molecule has 0 atom stereocenters. The van der Waals surface area contributed by atoms with Crippen LogP contribution in [-0.4, -0.2) is 9.67 Å². The molecule has 0 saturated carbocycles. The molecule has 0 aliphatic rings. The summed E-state index contributed by atoms with van der Waals surface area (Å²) in [6, 6.07) is 12.5. The molecule has 0 amide bonds. The van der Waals surface area contributed by atoms with Crippen molar-refractivity contribution in [3.8, 4) is 11.4 Å². The number of para-hydroxylation sites is 1. The first-order valence-corrected chi connectivity index (χ1v) is 5.61. The number of phenolic OH excluding ortho intramolecular Hbond substituents is 1. The Labute approximate surface area is 107 Å². The van der Waals surface area contributed by atoms with E-state index in [1.807, 2.05) is 0 Å². The molecule has 0 aliphatic heterocycles. The molecule has 0 aliphatic carbocycles. The smallest absolute Gasteiger partial charge is 0.426 e. The minimum Gasteiger partial charge on any atom is -0.508 e. The standard InChI is InChI=1S/C14H9NO4/c16-10-6-7-12-11(8-10)13(17)15(14(18)19-12)9-4-2-1-3-5-9/h1-8,16H. The Morgan fingerprint density at radius 1 is 1.00 bits per heavy atom. The van der Waals surface area contributed by atoms with Crippen molar-refractivity contribution in [2.75, 3.05) is 0 Å². The van der Waals surface area contributed by atoms with E-state index in [4.69, 9.17) is 4.42 Å². The van der Waals surface area contributed by atoms with E-state index in [1.165, 1.54) is 18.2 Å². The topological polar surface area (TPSA) is 72.4 Å². The summed E-state index contributed by atoms with van der Waals surface area (Å²) in [5.74, 6) is -0.813. The molecule has 0 spiro atoms. The van der Waals surface area contributed by atoms with E-state index in [0.717, 1.165) is 4.57 Å². The van der Waals surface area contributed by atoms with Gasteiger partial charge < -0.3 is 9.52 Å². The van der Waals surface area contributed by atoms with Crippen LogP contribution in [0.1, 0.15) is 0 Å². The Morgan fingerprint density at radius 2 is 1.74 bits per heavy atom. The molecule has 1 heterocycles. The Morgan fingerprint density at radius 3 is 2.47 bits per heavy atom. The number of fused-ring (bicyclic) bond motifs is 1. The van der Waals surface area contributed by atoms with E-state index in [-0.39, 0.29) is 16.7 Å². The molecule has 2 aromatic carbocycles. The first-order chi connectivity index (χ1) is 9.16. The summed E-state index contributed by atoms with van der Waals surface area (Å²) in [5, 5.41) is 9.57. The molecule has 5 nitrogen and oxygen atoms in total. The van der Waals surface area contributed by atoms with Gasteiger partial charge in [0.2, 0.25) is 0 Å². The van der Waals surface area contributed by atoms with Crippen LogP contribution in [0.4, 0.5) is 0 Å². The van der Waals surface area contributed by atoms with E-state index in [9.17, 15) is 14.7 Å². The van der Waals surface area contributed by atoms with Crippen molar-refractivity contribution in [2.24, 2.45) is 0 Å². The second-order valence-corrected chi connectivity index (χ2v) is 4.02. The van der Waals surface area contributed by atoms with Crippen LogP contribution >= 0.6 is 0 Å². The lowest BCUT2D eigenvalue weighted by Crippen LogP contribution is -2.30. The Balaban J connectivity index is 2.44. The van der Waals surface area contributed by atoms with Gasteiger partial charge in [0, 0.05) is 0 Å². The lowest BCUT2D eigenvalue weighted by atomic mass is 10.2. The zero-order chi connectivity index (χ0) is 13.4. The van der Waals surface area contributed by atoms with Gasteiger partial charge in [0.15, 0.2) is 0 Å². The zero-order valence-corrected chi connectivity index (χ0v) is 9.74.